The van der Waals surface area contributed by atoms with Gasteiger partial charge >= 0.3 is 0 Å². The van der Waals surface area contributed by atoms with E-state index in [1.807, 2.05) is 6.92 Å². The van der Waals surface area contributed by atoms with Crippen molar-refractivity contribution in [3.05, 3.63) is 0 Å². The molecule has 0 aromatic heterocycles. The normalized spacial score (nSPS) is 34.1. The van der Waals surface area contributed by atoms with E-state index in [1.165, 1.54) is 19.3 Å². The third-order valence-corrected chi connectivity index (χ3v) is 6.90. The van der Waals surface area contributed by atoms with Crippen LogP contribution in [0.3, 0.4) is 0 Å². The first kappa shape index (κ1) is 16.8. The summed E-state index contributed by atoms with van der Waals surface area (Å²) in [4.78, 5) is 15.0. The zero-order chi connectivity index (χ0) is 15.8. The average molecular weight is 349 g/mol. The van der Waals surface area contributed by atoms with E-state index in [-0.39, 0.29) is 11.4 Å². The van der Waals surface area contributed by atoms with Gasteiger partial charge in [0.05, 0.1) is 18.6 Å². The van der Waals surface area contributed by atoms with Crippen molar-refractivity contribution in [2.45, 2.75) is 55.3 Å². The van der Waals surface area contributed by atoms with E-state index in [4.69, 9.17) is 27.9 Å². The number of hydrogen-bond acceptors (Lipinski definition) is 3. The van der Waals surface area contributed by atoms with E-state index in [0.717, 1.165) is 39.1 Å². The van der Waals surface area contributed by atoms with Gasteiger partial charge in [-0.2, -0.15) is 0 Å². The monoisotopic (exact) mass is 348 g/mol. The van der Waals surface area contributed by atoms with Crippen LogP contribution >= 0.6 is 23.2 Å². The molecule has 3 rings (SSSR count). The predicted molar refractivity (Wildman–Crippen MR) is 88.4 cm³/mol. The highest BCUT2D eigenvalue weighted by Crippen LogP contribution is 2.63. The molecular weight excluding hydrogens is 323 g/mol. The molecular formula is C16H26Cl2N2O2. The van der Waals surface area contributed by atoms with Crippen LogP contribution in [0.25, 0.3) is 0 Å². The van der Waals surface area contributed by atoms with Crippen molar-refractivity contribution < 1.29 is 9.53 Å². The molecule has 22 heavy (non-hydrogen) atoms. The van der Waals surface area contributed by atoms with E-state index >= 15 is 0 Å². The number of morpholine rings is 1. The van der Waals surface area contributed by atoms with Gasteiger partial charge in [-0.15, -0.1) is 23.2 Å². The van der Waals surface area contributed by atoms with Crippen molar-refractivity contribution in [2.24, 2.45) is 5.41 Å². The minimum absolute atomic E-state index is 0.00397. The van der Waals surface area contributed by atoms with Crippen molar-refractivity contribution in [1.29, 1.82) is 0 Å². The number of carbonyl (C=O) groups is 1. The molecule has 2 aliphatic carbocycles. The van der Waals surface area contributed by atoms with E-state index in [0.29, 0.717) is 13.0 Å². The number of halogens is 2. The molecule has 0 unspecified atom stereocenters. The summed E-state index contributed by atoms with van der Waals surface area (Å²) in [5.41, 5.74) is -0.540. The Hall–Kier alpha value is -0.0300. The Labute approximate surface area is 142 Å². The topological polar surface area (TPSA) is 41.6 Å². The second-order valence-electron chi connectivity index (χ2n) is 7.28. The van der Waals surface area contributed by atoms with Crippen LogP contribution in [0.15, 0.2) is 0 Å². The van der Waals surface area contributed by atoms with Gasteiger partial charge in [0, 0.05) is 25.2 Å². The van der Waals surface area contributed by atoms with E-state index in [1.54, 1.807) is 0 Å². The first-order chi connectivity index (χ1) is 10.4. The summed E-state index contributed by atoms with van der Waals surface area (Å²) in [7, 11) is 0. The van der Waals surface area contributed by atoms with E-state index < -0.39 is 9.75 Å². The van der Waals surface area contributed by atoms with Crippen LogP contribution in [-0.4, -0.2) is 53.5 Å². The second kappa shape index (κ2) is 6.12. The van der Waals surface area contributed by atoms with Gasteiger partial charge in [-0.1, -0.05) is 19.3 Å². The molecule has 0 radical (unpaired) electrons. The quantitative estimate of drug-likeness (QED) is 0.794. The van der Waals surface area contributed by atoms with Crippen LogP contribution in [0.2, 0.25) is 0 Å². The van der Waals surface area contributed by atoms with Crippen LogP contribution in [0, 0.1) is 5.41 Å². The van der Waals surface area contributed by atoms with Crippen molar-refractivity contribution >= 4 is 29.1 Å². The Morgan fingerprint density at radius 1 is 1.18 bits per heavy atom. The SMILES string of the molecule is C[C@@]1(C(=O)NCC2(N3CCOCC3)CCCCC2)CC1(Cl)Cl. The van der Waals surface area contributed by atoms with Gasteiger partial charge in [0.25, 0.3) is 0 Å². The first-order valence-electron chi connectivity index (χ1n) is 8.39. The Bertz CT molecular complexity index is 432. The Morgan fingerprint density at radius 2 is 1.77 bits per heavy atom. The Kier molecular flexibility index (Phi) is 4.68. The number of hydrogen-bond donors (Lipinski definition) is 1. The third kappa shape index (κ3) is 3.00. The summed E-state index contributed by atoms with van der Waals surface area (Å²) in [5, 5.41) is 3.16. The summed E-state index contributed by atoms with van der Waals surface area (Å²) >= 11 is 12.3. The molecule has 6 heteroatoms. The van der Waals surface area contributed by atoms with Gasteiger partial charge in [0.15, 0.2) is 0 Å². The van der Waals surface area contributed by atoms with E-state index in [2.05, 4.69) is 10.2 Å². The molecule has 3 aliphatic rings. The standard InChI is InChI=1S/C16H26Cl2N2O2/c1-14(11-16(14,17)18)13(21)19-12-15(5-3-2-4-6-15)20-7-9-22-10-8-20/h2-12H2,1H3,(H,19,21)/t14-/m0/s1. The number of rotatable bonds is 4. The fourth-order valence-electron chi connectivity index (χ4n) is 3.94. The molecule has 0 bridgehead atoms. The molecule has 2 saturated carbocycles. The molecule has 3 fully saturated rings. The molecule has 0 aromatic rings. The number of alkyl halides is 2. The number of nitrogens with zero attached hydrogens (tertiary/aromatic N) is 1. The largest absolute Gasteiger partial charge is 0.379 e. The van der Waals surface area contributed by atoms with Crippen LogP contribution in [0.4, 0.5) is 0 Å². The molecule has 4 nitrogen and oxygen atoms in total. The maximum Gasteiger partial charge on any atom is 0.229 e. The maximum atomic E-state index is 12.5. The highest BCUT2D eigenvalue weighted by atomic mass is 35.5. The van der Waals surface area contributed by atoms with Crippen LogP contribution in [-0.2, 0) is 9.53 Å². The lowest BCUT2D eigenvalue weighted by Gasteiger charge is -2.48. The van der Waals surface area contributed by atoms with Crippen molar-refractivity contribution in [2.75, 3.05) is 32.8 Å². The van der Waals surface area contributed by atoms with Gasteiger partial charge in [-0.05, 0) is 26.2 Å². The minimum atomic E-state index is -0.893. The van der Waals surface area contributed by atoms with E-state index in [9.17, 15) is 4.79 Å². The molecule has 1 heterocycles. The molecule has 1 N–H and O–H groups in total. The summed E-state index contributed by atoms with van der Waals surface area (Å²) in [6.07, 6.45) is 6.61. The van der Waals surface area contributed by atoms with Crippen molar-refractivity contribution in [3.63, 3.8) is 0 Å². The minimum Gasteiger partial charge on any atom is -0.379 e. The smallest absolute Gasteiger partial charge is 0.229 e. The summed E-state index contributed by atoms with van der Waals surface area (Å²) in [5.74, 6) is -0.00397. The second-order valence-corrected chi connectivity index (χ2v) is 8.76. The number of amides is 1. The third-order valence-electron chi connectivity index (χ3n) is 5.80. The van der Waals surface area contributed by atoms with Crippen molar-refractivity contribution in [1.82, 2.24) is 10.2 Å². The Morgan fingerprint density at radius 3 is 2.32 bits per heavy atom. The number of carbonyl (C=O) groups excluding carboxylic acids is 1. The van der Waals surface area contributed by atoms with Gasteiger partial charge in [0.1, 0.15) is 4.33 Å². The molecule has 1 amide bonds. The highest BCUT2D eigenvalue weighted by Gasteiger charge is 2.68. The zero-order valence-electron chi connectivity index (χ0n) is 13.3. The van der Waals surface area contributed by atoms with Crippen LogP contribution in [0.1, 0.15) is 45.4 Å². The lowest BCUT2D eigenvalue weighted by atomic mass is 9.79. The summed E-state index contributed by atoms with van der Waals surface area (Å²) < 4.78 is 4.60. The predicted octanol–water partition coefficient (Wildman–Crippen LogP) is 2.72. The fraction of sp³-hybridized carbons (Fsp3) is 0.938. The average Bonchev–Trinajstić information content (AvgIpc) is 3.06. The molecule has 126 valence electrons. The molecule has 1 saturated heterocycles. The van der Waals surface area contributed by atoms with Crippen LogP contribution < -0.4 is 5.32 Å². The van der Waals surface area contributed by atoms with Gasteiger partial charge in [0.2, 0.25) is 5.91 Å². The lowest BCUT2D eigenvalue weighted by Crippen LogP contribution is -2.60. The molecule has 1 atom stereocenters. The maximum absolute atomic E-state index is 12.5. The molecule has 0 spiro atoms. The zero-order valence-corrected chi connectivity index (χ0v) is 14.8. The molecule has 1 aliphatic heterocycles. The number of ether oxygens (including phenoxy) is 1. The Balaban J connectivity index is 1.64. The fourth-order valence-corrected chi connectivity index (χ4v) is 4.64. The van der Waals surface area contributed by atoms with Gasteiger partial charge in [-0.3, -0.25) is 9.69 Å². The highest BCUT2D eigenvalue weighted by molar-refractivity contribution is 6.53. The van der Waals surface area contributed by atoms with Crippen molar-refractivity contribution in [3.8, 4) is 0 Å². The summed E-state index contributed by atoms with van der Waals surface area (Å²) in [6, 6.07) is 0. The summed E-state index contributed by atoms with van der Waals surface area (Å²) in [6.45, 7) is 6.06. The number of nitrogens with one attached hydrogen (secondary N) is 1. The van der Waals surface area contributed by atoms with Gasteiger partial charge in [-0.25, -0.2) is 0 Å². The first-order valence-corrected chi connectivity index (χ1v) is 9.14. The van der Waals surface area contributed by atoms with Gasteiger partial charge < -0.3 is 10.1 Å². The lowest BCUT2D eigenvalue weighted by molar-refractivity contribution is -0.127. The molecule has 0 aromatic carbocycles. The van der Waals surface area contributed by atoms with Crippen LogP contribution in [0.5, 0.6) is 0 Å².